The number of carboxylic acid groups (broad SMARTS) is 1. The number of rotatable bonds is 9. The quantitative estimate of drug-likeness (QED) is 0.165. The van der Waals surface area contributed by atoms with E-state index in [1.165, 1.54) is 7.11 Å². The summed E-state index contributed by atoms with van der Waals surface area (Å²) in [7, 11) is 1.28. The number of H-pyrrole nitrogens is 2. The third kappa shape index (κ3) is 6.08. The van der Waals surface area contributed by atoms with Gasteiger partial charge in [0, 0.05) is 12.1 Å². The number of methoxy groups -OCH3 is 1. The fraction of sp³-hybridized carbons (Fsp3) is 0.405. The zero-order valence-corrected chi connectivity index (χ0v) is 28.5. The number of imidazole rings is 2. The van der Waals surface area contributed by atoms with Gasteiger partial charge in [0.15, 0.2) is 0 Å². The zero-order valence-electron chi connectivity index (χ0n) is 28.5. The summed E-state index contributed by atoms with van der Waals surface area (Å²) in [5.74, 6) is 1.98. The molecule has 2 aliphatic heterocycles. The van der Waals surface area contributed by atoms with Gasteiger partial charge >= 0.3 is 12.2 Å². The lowest BCUT2D eigenvalue weighted by molar-refractivity contribution is -0.135. The van der Waals surface area contributed by atoms with Crippen molar-refractivity contribution in [3.63, 3.8) is 0 Å². The van der Waals surface area contributed by atoms with Gasteiger partial charge in [-0.15, -0.1) is 0 Å². The van der Waals surface area contributed by atoms with Gasteiger partial charge in [0.25, 0.3) is 0 Å². The Hall–Kier alpha value is -5.66. The van der Waals surface area contributed by atoms with Crippen molar-refractivity contribution < 1.29 is 29.0 Å². The summed E-state index contributed by atoms with van der Waals surface area (Å²) in [4.78, 5) is 69.1. The second-order valence-corrected chi connectivity index (χ2v) is 14.2. The fourth-order valence-corrected chi connectivity index (χ4v) is 8.02. The number of piperidine rings is 2. The van der Waals surface area contributed by atoms with Crippen molar-refractivity contribution in [1.82, 2.24) is 40.4 Å². The number of hydrogen-bond acceptors (Lipinski definition) is 7. The monoisotopic (exact) mass is 692 g/mol. The molecule has 2 aliphatic carbocycles. The van der Waals surface area contributed by atoms with Crippen molar-refractivity contribution in [3.8, 4) is 33.6 Å². The van der Waals surface area contributed by atoms with Gasteiger partial charge in [-0.3, -0.25) is 9.59 Å². The molecule has 8 atom stereocenters. The molecule has 2 saturated heterocycles. The molecule has 0 spiro atoms. The number of nitrogens with zero attached hydrogens (tertiary/aromatic N) is 4. The maximum atomic E-state index is 13.3. The van der Waals surface area contributed by atoms with E-state index in [0.717, 1.165) is 65.1 Å². The maximum Gasteiger partial charge on any atom is 0.407 e. The lowest BCUT2D eigenvalue weighted by atomic mass is 10.0. The molecule has 4 aromatic rings. The molecule has 2 saturated carbocycles. The van der Waals surface area contributed by atoms with E-state index in [0.29, 0.717) is 17.7 Å². The second kappa shape index (κ2) is 12.6. The minimum atomic E-state index is -1.22. The van der Waals surface area contributed by atoms with E-state index in [1.807, 2.05) is 34.1 Å². The number of amides is 4. The van der Waals surface area contributed by atoms with E-state index in [9.17, 15) is 19.2 Å². The van der Waals surface area contributed by atoms with Crippen LogP contribution in [0.1, 0.15) is 63.3 Å². The summed E-state index contributed by atoms with van der Waals surface area (Å²) in [6.07, 6.45) is 5.32. The molecule has 5 N–H and O–H groups in total. The highest BCUT2D eigenvalue weighted by Gasteiger charge is 2.56. The summed E-state index contributed by atoms with van der Waals surface area (Å²) in [6.45, 7) is 3.25. The number of likely N-dealkylation sites (tertiary alicyclic amines) is 2. The van der Waals surface area contributed by atoms with E-state index < -0.39 is 24.3 Å². The van der Waals surface area contributed by atoms with E-state index in [1.54, 1.807) is 26.2 Å². The minimum absolute atomic E-state index is 0.137. The summed E-state index contributed by atoms with van der Waals surface area (Å²) in [6, 6.07) is 14.8. The van der Waals surface area contributed by atoms with Gasteiger partial charge < -0.3 is 40.2 Å². The number of ether oxygens (including phenoxy) is 1. The van der Waals surface area contributed by atoms with Crippen LogP contribution in [-0.2, 0) is 14.3 Å². The number of carbonyl (C=O) groups is 4. The standard InChI is InChI=1S/C37H40N8O6/c1-18(40-36(48)49)34(46)44-28-12-24(28)14-30(44)32-38-16-26(42-32)22-8-4-20(5-9-22)21-6-10-23(11-7-21)27-17-39-33(43-27)31-15-25-13-29(25)45(31)35(47)19(2)41-37(50)51-3/h4-11,16-19,24-25,28-31,40H,12-15H2,1-3H3,(H,38,42)(H,39,43)(H,41,50)(H,48,49)/t18?,19-,24+,25+,28-,29+,30-,31-/m0/s1. The SMILES string of the molecule is COC(=O)N[C@@H](C)C(=O)N1[C@@H]2C[C@@H]2C[C@H]1c1ncc(-c2ccc(-c3ccc(-c4cnc([C@@H]5C[C@H]6C[C@@H]6N5C(=O)C(C)NC(=O)O)[nH]4)cc3)cc2)[nH]1. The fourth-order valence-electron chi connectivity index (χ4n) is 8.02. The van der Waals surface area contributed by atoms with Crippen LogP contribution in [0, 0.1) is 11.8 Å². The second-order valence-electron chi connectivity index (χ2n) is 14.2. The van der Waals surface area contributed by atoms with E-state index in [4.69, 9.17) is 5.11 Å². The van der Waals surface area contributed by atoms with Crippen molar-refractivity contribution in [2.24, 2.45) is 11.8 Å². The molecule has 2 aromatic carbocycles. The predicted octanol–water partition coefficient (Wildman–Crippen LogP) is 4.86. The van der Waals surface area contributed by atoms with Gasteiger partial charge in [-0.05, 0) is 73.6 Å². The van der Waals surface area contributed by atoms with Crippen molar-refractivity contribution in [2.45, 2.75) is 75.8 Å². The molecule has 14 nitrogen and oxygen atoms in total. The minimum Gasteiger partial charge on any atom is -0.465 e. The molecule has 0 bridgehead atoms. The van der Waals surface area contributed by atoms with Crippen LogP contribution in [0.4, 0.5) is 9.59 Å². The van der Waals surface area contributed by atoms with E-state index in [2.05, 4.69) is 59.6 Å². The van der Waals surface area contributed by atoms with Crippen molar-refractivity contribution in [1.29, 1.82) is 0 Å². The Morgan fingerprint density at radius 2 is 1.12 bits per heavy atom. The highest BCUT2D eigenvalue weighted by Crippen LogP contribution is 2.54. The van der Waals surface area contributed by atoms with Gasteiger partial charge in [0.2, 0.25) is 11.8 Å². The largest absolute Gasteiger partial charge is 0.465 e. The molecule has 14 heteroatoms. The molecular formula is C37H40N8O6. The van der Waals surface area contributed by atoms with E-state index >= 15 is 0 Å². The molecule has 2 aromatic heterocycles. The van der Waals surface area contributed by atoms with Gasteiger partial charge in [-0.2, -0.15) is 0 Å². The molecule has 1 unspecified atom stereocenters. The lowest BCUT2D eigenvalue weighted by Crippen LogP contribution is -2.47. The topological polar surface area (TPSA) is 186 Å². The zero-order chi connectivity index (χ0) is 35.6. The molecule has 8 rings (SSSR count). The smallest absolute Gasteiger partial charge is 0.407 e. The number of aromatic nitrogens is 4. The van der Waals surface area contributed by atoms with Crippen LogP contribution in [0.15, 0.2) is 60.9 Å². The molecule has 0 radical (unpaired) electrons. The van der Waals surface area contributed by atoms with Gasteiger partial charge in [0.05, 0.1) is 43.0 Å². The van der Waals surface area contributed by atoms with Crippen LogP contribution >= 0.6 is 0 Å². The molecule has 264 valence electrons. The summed E-state index contributed by atoms with van der Waals surface area (Å²) >= 11 is 0. The molecule has 4 aliphatic rings. The highest BCUT2D eigenvalue weighted by molar-refractivity contribution is 5.87. The van der Waals surface area contributed by atoms with Gasteiger partial charge in [0.1, 0.15) is 23.7 Å². The summed E-state index contributed by atoms with van der Waals surface area (Å²) < 4.78 is 4.67. The third-order valence-corrected chi connectivity index (χ3v) is 10.9. The highest BCUT2D eigenvalue weighted by atomic mass is 16.5. The Balaban J connectivity index is 0.926. The van der Waals surface area contributed by atoms with Crippen LogP contribution in [0.3, 0.4) is 0 Å². The third-order valence-electron chi connectivity index (χ3n) is 10.9. The number of aromatic amines is 2. The van der Waals surface area contributed by atoms with Crippen molar-refractivity contribution in [3.05, 3.63) is 72.6 Å². The van der Waals surface area contributed by atoms with Crippen LogP contribution < -0.4 is 10.6 Å². The summed E-state index contributed by atoms with van der Waals surface area (Å²) in [5, 5.41) is 14.0. The normalized spacial score (nSPS) is 25.4. The Morgan fingerprint density at radius 3 is 1.53 bits per heavy atom. The number of fused-ring (bicyclic) bond motifs is 2. The Morgan fingerprint density at radius 1 is 0.706 bits per heavy atom. The molecular weight excluding hydrogens is 652 g/mol. The Bertz CT molecular complexity index is 1990. The first-order valence-corrected chi connectivity index (χ1v) is 17.4. The first-order chi connectivity index (χ1) is 24.6. The van der Waals surface area contributed by atoms with Gasteiger partial charge in [-0.25, -0.2) is 19.6 Å². The maximum absolute atomic E-state index is 13.3. The molecule has 4 fully saturated rings. The van der Waals surface area contributed by atoms with Crippen molar-refractivity contribution >= 4 is 24.0 Å². The first-order valence-electron chi connectivity index (χ1n) is 17.4. The average molecular weight is 693 g/mol. The number of nitrogens with one attached hydrogen (secondary N) is 4. The predicted molar refractivity (Wildman–Crippen MR) is 185 cm³/mol. The van der Waals surface area contributed by atoms with Crippen LogP contribution in [-0.4, -0.2) is 90.1 Å². The summed E-state index contributed by atoms with van der Waals surface area (Å²) in [5.41, 5.74) is 5.76. The molecule has 51 heavy (non-hydrogen) atoms. The number of hydrogen-bond donors (Lipinski definition) is 5. The lowest BCUT2D eigenvalue weighted by Gasteiger charge is -2.29. The van der Waals surface area contributed by atoms with E-state index in [-0.39, 0.29) is 36.0 Å². The number of benzene rings is 2. The molecule has 4 amide bonds. The average Bonchev–Trinajstić information content (AvgIpc) is 3.73. The number of carbonyl (C=O) groups excluding carboxylic acids is 3. The van der Waals surface area contributed by atoms with Crippen LogP contribution in [0.2, 0.25) is 0 Å². The first kappa shape index (κ1) is 32.5. The van der Waals surface area contributed by atoms with Crippen molar-refractivity contribution in [2.75, 3.05) is 7.11 Å². The Kier molecular flexibility index (Phi) is 8.03. The van der Waals surface area contributed by atoms with Gasteiger partial charge in [-0.1, -0.05) is 48.5 Å². The molecule has 4 heterocycles. The van der Waals surface area contributed by atoms with Crippen LogP contribution in [0.25, 0.3) is 33.6 Å². The van der Waals surface area contributed by atoms with Crippen LogP contribution in [0.5, 0.6) is 0 Å². The number of alkyl carbamates (subject to hydrolysis) is 1. The Labute approximate surface area is 294 Å².